The largest absolute Gasteiger partial charge is 0.467 e. The smallest absolute Gasteiger partial charge is 0.438 e. The van der Waals surface area contributed by atoms with E-state index in [1.807, 2.05) is 0 Å². The lowest BCUT2D eigenvalue weighted by Crippen LogP contribution is -2.49. The van der Waals surface area contributed by atoms with Crippen molar-refractivity contribution in [1.82, 2.24) is 0 Å². The van der Waals surface area contributed by atoms with Gasteiger partial charge in [-0.2, -0.15) is 13.2 Å². The molecule has 0 saturated heterocycles. The second-order valence-electron chi connectivity index (χ2n) is 5.53. The van der Waals surface area contributed by atoms with Crippen LogP contribution in [0.1, 0.15) is 11.1 Å². The maximum Gasteiger partial charge on any atom is 0.438 e. The number of hydrogen-bond acceptors (Lipinski definition) is 2. The summed E-state index contributed by atoms with van der Waals surface area (Å²) in [6.07, 6.45) is -4.43. The van der Waals surface area contributed by atoms with Crippen molar-refractivity contribution in [2.24, 2.45) is 4.99 Å². The van der Waals surface area contributed by atoms with Crippen LogP contribution in [0.15, 0.2) is 47.5 Å². The highest BCUT2D eigenvalue weighted by Gasteiger charge is 2.60. The molecule has 2 aromatic carbocycles. The number of hydrogen-bond donors (Lipinski definition) is 1. The Labute approximate surface area is 146 Å². The monoisotopic (exact) mass is 368 g/mol. The molecule has 1 heterocycles. The third kappa shape index (κ3) is 3.19. The van der Waals surface area contributed by atoms with Gasteiger partial charge in [-0.25, -0.2) is 9.79 Å². The number of amides is 2. The first-order chi connectivity index (χ1) is 11.7. The average Bonchev–Trinajstić information content (AvgIpc) is 2.65. The van der Waals surface area contributed by atoms with E-state index < -0.39 is 17.8 Å². The van der Waals surface area contributed by atoms with E-state index in [-0.39, 0.29) is 22.0 Å². The molecule has 1 unspecified atom stereocenters. The number of nitrogens with one attached hydrogen (secondary N) is 1. The van der Waals surface area contributed by atoms with Gasteiger partial charge < -0.3 is 10.1 Å². The number of ether oxygens (including phenoxy) is 1. The van der Waals surface area contributed by atoms with E-state index in [9.17, 15) is 18.0 Å². The average molecular weight is 369 g/mol. The first kappa shape index (κ1) is 17.3. The topological polar surface area (TPSA) is 50.7 Å². The molecule has 3 rings (SSSR count). The highest BCUT2D eigenvalue weighted by molar-refractivity contribution is 6.30. The minimum Gasteiger partial charge on any atom is -0.467 e. The number of aryl methyl sites for hydroxylation is 1. The third-order valence-electron chi connectivity index (χ3n) is 3.68. The molecule has 0 radical (unpaired) electrons. The minimum absolute atomic E-state index is 0.0101. The molecule has 2 amide bonds. The molecule has 2 aromatic rings. The summed E-state index contributed by atoms with van der Waals surface area (Å²) in [6, 6.07) is 9.00. The SMILES string of the molecule is Cc1cccc(OC2(C(F)(F)F)C=NC(=O)Nc3ccc(Cl)cc32)c1. The van der Waals surface area contributed by atoms with E-state index >= 15 is 0 Å². The van der Waals surface area contributed by atoms with Crippen LogP contribution in [0.4, 0.5) is 23.7 Å². The van der Waals surface area contributed by atoms with Crippen LogP contribution in [0.2, 0.25) is 5.02 Å². The fourth-order valence-electron chi connectivity index (χ4n) is 2.53. The first-order valence-corrected chi connectivity index (χ1v) is 7.58. The first-order valence-electron chi connectivity index (χ1n) is 7.20. The second kappa shape index (κ2) is 6.07. The zero-order valence-corrected chi connectivity index (χ0v) is 13.7. The van der Waals surface area contributed by atoms with E-state index in [1.165, 1.54) is 24.3 Å². The van der Waals surface area contributed by atoms with Crippen LogP contribution in [0.3, 0.4) is 0 Å². The van der Waals surface area contributed by atoms with Crippen LogP contribution in [0, 0.1) is 6.92 Å². The van der Waals surface area contributed by atoms with Gasteiger partial charge in [-0.1, -0.05) is 23.7 Å². The summed E-state index contributed by atoms with van der Waals surface area (Å²) in [5, 5.41) is 2.37. The van der Waals surface area contributed by atoms with Gasteiger partial charge in [-0.3, -0.25) is 0 Å². The molecule has 4 nitrogen and oxygen atoms in total. The number of urea groups is 1. The number of nitrogens with zero attached hydrogens (tertiary/aromatic N) is 1. The van der Waals surface area contributed by atoms with Crippen LogP contribution in [-0.2, 0) is 5.60 Å². The number of fused-ring (bicyclic) bond motifs is 1. The van der Waals surface area contributed by atoms with Crippen molar-refractivity contribution in [3.63, 3.8) is 0 Å². The summed E-state index contributed by atoms with van der Waals surface area (Å²) < 4.78 is 47.7. The molecule has 1 aliphatic heterocycles. The molecule has 1 N–H and O–H groups in total. The molecule has 25 heavy (non-hydrogen) atoms. The Bertz CT molecular complexity index is 867. The van der Waals surface area contributed by atoms with E-state index in [4.69, 9.17) is 16.3 Å². The quantitative estimate of drug-likeness (QED) is 0.801. The maximum absolute atomic E-state index is 14.1. The van der Waals surface area contributed by atoms with E-state index in [0.717, 1.165) is 11.6 Å². The van der Waals surface area contributed by atoms with Crippen LogP contribution in [-0.4, -0.2) is 18.4 Å². The van der Waals surface area contributed by atoms with Crippen LogP contribution in [0.5, 0.6) is 5.75 Å². The lowest BCUT2D eigenvalue weighted by atomic mass is 9.92. The zero-order chi connectivity index (χ0) is 18.2. The van der Waals surface area contributed by atoms with Gasteiger partial charge >= 0.3 is 12.2 Å². The Morgan fingerprint density at radius 1 is 1.20 bits per heavy atom. The van der Waals surface area contributed by atoms with Crippen LogP contribution < -0.4 is 10.1 Å². The molecule has 0 saturated carbocycles. The Morgan fingerprint density at radius 2 is 1.96 bits per heavy atom. The molecular weight excluding hydrogens is 357 g/mol. The number of benzene rings is 2. The highest BCUT2D eigenvalue weighted by Crippen LogP contribution is 2.46. The molecule has 0 aromatic heterocycles. The highest BCUT2D eigenvalue weighted by atomic mass is 35.5. The number of anilines is 1. The van der Waals surface area contributed by atoms with Gasteiger partial charge in [0.15, 0.2) is 0 Å². The number of halogens is 4. The van der Waals surface area contributed by atoms with Crippen molar-refractivity contribution in [3.8, 4) is 5.75 Å². The normalized spacial score (nSPS) is 19.8. The molecule has 0 fully saturated rings. The van der Waals surface area contributed by atoms with E-state index in [0.29, 0.717) is 6.21 Å². The maximum atomic E-state index is 14.1. The Hall–Kier alpha value is -2.54. The van der Waals surface area contributed by atoms with Crippen LogP contribution >= 0.6 is 11.6 Å². The van der Waals surface area contributed by atoms with Crippen molar-refractivity contribution in [2.45, 2.75) is 18.7 Å². The summed E-state index contributed by atoms with van der Waals surface area (Å²) in [5.74, 6) is -0.0101. The summed E-state index contributed by atoms with van der Waals surface area (Å²) >= 11 is 5.89. The Kier molecular flexibility index (Phi) is 4.20. The molecule has 1 aliphatic rings. The van der Waals surface area contributed by atoms with E-state index in [2.05, 4.69) is 10.3 Å². The summed E-state index contributed by atoms with van der Waals surface area (Å²) in [7, 11) is 0. The van der Waals surface area contributed by atoms with Gasteiger partial charge in [-0.15, -0.1) is 0 Å². The number of alkyl halides is 3. The van der Waals surface area contributed by atoms with Gasteiger partial charge in [0, 0.05) is 10.6 Å². The molecule has 0 spiro atoms. The fraction of sp³-hybridized carbons (Fsp3) is 0.176. The predicted octanol–water partition coefficient (Wildman–Crippen LogP) is 5.10. The molecule has 130 valence electrons. The molecule has 8 heteroatoms. The Morgan fingerprint density at radius 3 is 2.64 bits per heavy atom. The van der Waals surface area contributed by atoms with Gasteiger partial charge in [0.05, 0.1) is 11.9 Å². The lowest BCUT2D eigenvalue weighted by Gasteiger charge is -2.33. The second-order valence-corrected chi connectivity index (χ2v) is 5.97. The van der Waals surface area contributed by atoms with Gasteiger partial charge in [0.1, 0.15) is 5.75 Å². The molecule has 0 bridgehead atoms. The van der Waals surface area contributed by atoms with Crippen molar-refractivity contribution in [1.29, 1.82) is 0 Å². The summed E-state index contributed by atoms with van der Waals surface area (Å²) in [4.78, 5) is 15.0. The standard InChI is InChI=1S/C17H12ClF3N2O2/c1-10-3-2-4-12(7-10)25-16(17(19,20)21)9-22-15(24)23-14-6-5-11(18)8-13(14)16/h2-9H,1H3,(H,23,24). The van der Waals surface area contributed by atoms with Gasteiger partial charge in [0.2, 0.25) is 0 Å². The lowest BCUT2D eigenvalue weighted by molar-refractivity contribution is -0.223. The van der Waals surface area contributed by atoms with Gasteiger partial charge in [0.25, 0.3) is 5.60 Å². The van der Waals surface area contributed by atoms with Crippen LogP contribution in [0.25, 0.3) is 0 Å². The molecule has 1 atom stereocenters. The predicted molar refractivity (Wildman–Crippen MR) is 88.5 cm³/mol. The zero-order valence-electron chi connectivity index (χ0n) is 12.9. The van der Waals surface area contributed by atoms with Crippen molar-refractivity contribution in [2.75, 3.05) is 5.32 Å². The number of aliphatic imine (C=N–C) groups is 1. The minimum atomic E-state index is -4.90. The summed E-state index contributed by atoms with van der Waals surface area (Å²) in [5.41, 5.74) is -2.65. The number of carbonyl (C=O) groups excluding carboxylic acids is 1. The number of carbonyl (C=O) groups is 1. The van der Waals surface area contributed by atoms with Gasteiger partial charge in [-0.05, 0) is 42.8 Å². The summed E-state index contributed by atoms with van der Waals surface area (Å²) in [6.45, 7) is 1.73. The van der Waals surface area contributed by atoms with Crippen molar-refractivity contribution >= 4 is 29.5 Å². The Balaban J connectivity index is 2.26. The van der Waals surface area contributed by atoms with Crippen molar-refractivity contribution < 1.29 is 22.7 Å². The fourth-order valence-corrected chi connectivity index (χ4v) is 2.70. The molecular formula is C17H12ClF3N2O2. The number of rotatable bonds is 2. The third-order valence-corrected chi connectivity index (χ3v) is 3.91. The van der Waals surface area contributed by atoms with Crippen molar-refractivity contribution in [3.05, 3.63) is 58.6 Å². The van der Waals surface area contributed by atoms with E-state index in [1.54, 1.807) is 19.1 Å². The molecule has 0 aliphatic carbocycles.